The lowest BCUT2D eigenvalue weighted by Crippen LogP contribution is -2.29. The molecule has 2 heteroatoms. The number of rotatable bonds is 4. The molecule has 0 aliphatic heterocycles. The van der Waals surface area contributed by atoms with E-state index in [0.29, 0.717) is 6.10 Å². The molecule has 0 amide bonds. The maximum atomic E-state index is 5.47. The Hall–Kier alpha value is -0.0800. The first kappa shape index (κ1) is 10.0. The summed E-state index contributed by atoms with van der Waals surface area (Å²) in [5.41, 5.74) is 0. The minimum absolute atomic E-state index is 0.534. The average molecular weight is 171 g/mol. The Labute approximate surface area is 75.7 Å². The minimum Gasteiger partial charge on any atom is -0.381 e. The summed E-state index contributed by atoms with van der Waals surface area (Å²) in [5.74, 6) is 0.802. The molecule has 2 atom stereocenters. The quantitative estimate of drug-likeness (QED) is 0.696. The third-order valence-electron chi connectivity index (χ3n) is 2.91. The SMILES string of the molecule is CNCC[C@H]1CCCC[C@@H]1OC. The van der Waals surface area contributed by atoms with Gasteiger partial charge in [0.1, 0.15) is 0 Å². The largest absolute Gasteiger partial charge is 0.381 e. The van der Waals surface area contributed by atoms with Gasteiger partial charge in [0.05, 0.1) is 6.10 Å². The predicted molar refractivity (Wildman–Crippen MR) is 51.3 cm³/mol. The number of nitrogens with one attached hydrogen (secondary N) is 1. The molecular weight excluding hydrogens is 150 g/mol. The molecule has 1 fully saturated rings. The van der Waals surface area contributed by atoms with E-state index in [1.807, 2.05) is 14.2 Å². The summed E-state index contributed by atoms with van der Waals surface area (Å²) in [6, 6.07) is 0. The smallest absolute Gasteiger partial charge is 0.0600 e. The second-order valence-electron chi connectivity index (χ2n) is 3.71. The Balaban J connectivity index is 2.26. The first-order chi connectivity index (χ1) is 5.88. The van der Waals surface area contributed by atoms with Crippen molar-refractivity contribution in [1.29, 1.82) is 0 Å². The first-order valence-electron chi connectivity index (χ1n) is 5.06. The van der Waals surface area contributed by atoms with E-state index in [1.54, 1.807) is 0 Å². The van der Waals surface area contributed by atoms with Crippen molar-refractivity contribution in [3.8, 4) is 0 Å². The molecule has 1 N–H and O–H groups in total. The van der Waals surface area contributed by atoms with Crippen LogP contribution in [0.4, 0.5) is 0 Å². The molecular formula is C10H21NO. The highest BCUT2D eigenvalue weighted by Gasteiger charge is 2.23. The molecule has 72 valence electrons. The second kappa shape index (κ2) is 5.55. The van der Waals surface area contributed by atoms with Crippen LogP contribution in [0.1, 0.15) is 32.1 Å². The van der Waals surface area contributed by atoms with Crippen LogP contribution in [0.3, 0.4) is 0 Å². The highest BCUT2D eigenvalue weighted by Crippen LogP contribution is 2.28. The van der Waals surface area contributed by atoms with Crippen LogP contribution in [0.15, 0.2) is 0 Å². The van der Waals surface area contributed by atoms with Crippen molar-refractivity contribution in [3.63, 3.8) is 0 Å². The molecule has 12 heavy (non-hydrogen) atoms. The van der Waals surface area contributed by atoms with Gasteiger partial charge in [0.15, 0.2) is 0 Å². The van der Waals surface area contributed by atoms with Gasteiger partial charge in [-0.25, -0.2) is 0 Å². The summed E-state index contributed by atoms with van der Waals surface area (Å²) in [6.45, 7) is 1.13. The van der Waals surface area contributed by atoms with Gasteiger partial charge in [-0.15, -0.1) is 0 Å². The first-order valence-corrected chi connectivity index (χ1v) is 5.06. The maximum absolute atomic E-state index is 5.47. The molecule has 1 rings (SSSR count). The molecule has 0 saturated heterocycles. The molecule has 1 aliphatic rings. The highest BCUT2D eigenvalue weighted by molar-refractivity contribution is 4.75. The molecule has 0 heterocycles. The zero-order valence-corrected chi connectivity index (χ0v) is 8.31. The molecule has 0 aromatic rings. The van der Waals surface area contributed by atoms with Crippen molar-refractivity contribution in [2.75, 3.05) is 20.7 Å². The van der Waals surface area contributed by atoms with Gasteiger partial charge >= 0.3 is 0 Å². The van der Waals surface area contributed by atoms with Gasteiger partial charge in [-0.05, 0) is 38.8 Å². The van der Waals surface area contributed by atoms with Crippen LogP contribution in [-0.2, 0) is 4.74 Å². The third kappa shape index (κ3) is 2.76. The average Bonchev–Trinajstić information content (AvgIpc) is 2.15. The normalized spacial score (nSPS) is 30.5. The van der Waals surface area contributed by atoms with E-state index >= 15 is 0 Å². The van der Waals surface area contributed by atoms with Gasteiger partial charge in [0.2, 0.25) is 0 Å². The molecule has 0 aromatic heterocycles. The van der Waals surface area contributed by atoms with Crippen molar-refractivity contribution < 1.29 is 4.74 Å². The fourth-order valence-electron chi connectivity index (χ4n) is 2.14. The summed E-state index contributed by atoms with van der Waals surface area (Å²) in [4.78, 5) is 0. The van der Waals surface area contributed by atoms with E-state index in [-0.39, 0.29) is 0 Å². The molecule has 0 aromatic carbocycles. The summed E-state index contributed by atoms with van der Waals surface area (Å²) < 4.78 is 5.47. The van der Waals surface area contributed by atoms with E-state index < -0.39 is 0 Å². The Kier molecular flexibility index (Phi) is 4.62. The number of methoxy groups -OCH3 is 1. The van der Waals surface area contributed by atoms with Gasteiger partial charge < -0.3 is 10.1 Å². The standard InChI is InChI=1S/C10H21NO/c1-11-8-7-9-5-3-4-6-10(9)12-2/h9-11H,3-8H2,1-2H3/t9-,10+/m1/s1. The molecule has 0 spiro atoms. The van der Waals surface area contributed by atoms with Crippen LogP contribution in [-0.4, -0.2) is 26.8 Å². The fraction of sp³-hybridized carbons (Fsp3) is 1.00. The zero-order valence-electron chi connectivity index (χ0n) is 8.31. The predicted octanol–water partition coefficient (Wildman–Crippen LogP) is 1.80. The Bertz CT molecular complexity index is 116. The van der Waals surface area contributed by atoms with E-state index in [4.69, 9.17) is 4.74 Å². The van der Waals surface area contributed by atoms with Crippen molar-refractivity contribution >= 4 is 0 Å². The minimum atomic E-state index is 0.534. The number of hydrogen-bond donors (Lipinski definition) is 1. The van der Waals surface area contributed by atoms with Crippen LogP contribution < -0.4 is 5.32 Å². The lowest BCUT2D eigenvalue weighted by Gasteiger charge is -2.30. The number of ether oxygens (including phenoxy) is 1. The monoisotopic (exact) mass is 171 g/mol. The molecule has 1 aliphatic carbocycles. The summed E-state index contributed by atoms with van der Waals surface area (Å²) in [5, 5.41) is 3.20. The second-order valence-corrected chi connectivity index (χ2v) is 3.71. The number of hydrogen-bond acceptors (Lipinski definition) is 2. The highest BCUT2D eigenvalue weighted by atomic mass is 16.5. The van der Waals surface area contributed by atoms with Crippen LogP contribution in [0.5, 0.6) is 0 Å². The lowest BCUT2D eigenvalue weighted by atomic mass is 9.84. The van der Waals surface area contributed by atoms with E-state index in [1.165, 1.54) is 32.1 Å². The van der Waals surface area contributed by atoms with Gasteiger partial charge in [0, 0.05) is 7.11 Å². The van der Waals surface area contributed by atoms with Crippen LogP contribution in [0.2, 0.25) is 0 Å². The molecule has 2 nitrogen and oxygen atoms in total. The Morgan fingerprint density at radius 1 is 1.33 bits per heavy atom. The summed E-state index contributed by atoms with van der Waals surface area (Å²) in [6.07, 6.45) is 7.19. The molecule has 0 unspecified atom stereocenters. The van der Waals surface area contributed by atoms with Crippen molar-refractivity contribution in [2.45, 2.75) is 38.2 Å². The van der Waals surface area contributed by atoms with Gasteiger partial charge in [-0.3, -0.25) is 0 Å². The zero-order chi connectivity index (χ0) is 8.81. The summed E-state index contributed by atoms with van der Waals surface area (Å²) >= 11 is 0. The van der Waals surface area contributed by atoms with E-state index in [2.05, 4.69) is 5.32 Å². The van der Waals surface area contributed by atoms with Gasteiger partial charge in [-0.1, -0.05) is 12.8 Å². The van der Waals surface area contributed by atoms with Crippen molar-refractivity contribution in [3.05, 3.63) is 0 Å². The van der Waals surface area contributed by atoms with Crippen molar-refractivity contribution in [1.82, 2.24) is 5.32 Å². The fourth-order valence-corrected chi connectivity index (χ4v) is 2.14. The molecule has 0 bridgehead atoms. The summed E-state index contributed by atoms with van der Waals surface area (Å²) in [7, 11) is 3.87. The third-order valence-corrected chi connectivity index (χ3v) is 2.91. The maximum Gasteiger partial charge on any atom is 0.0600 e. The lowest BCUT2D eigenvalue weighted by molar-refractivity contribution is 0.0207. The van der Waals surface area contributed by atoms with Gasteiger partial charge in [-0.2, -0.15) is 0 Å². The molecule has 0 radical (unpaired) electrons. The van der Waals surface area contributed by atoms with Crippen LogP contribution in [0.25, 0.3) is 0 Å². The van der Waals surface area contributed by atoms with Crippen LogP contribution in [0, 0.1) is 5.92 Å². The Morgan fingerprint density at radius 3 is 2.75 bits per heavy atom. The van der Waals surface area contributed by atoms with Crippen molar-refractivity contribution in [2.24, 2.45) is 5.92 Å². The van der Waals surface area contributed by atoms with Gasteiger partial charge in [0.25, 0.3) is 0 Å². The van der Waals surface area contributed by atoms with E-state index in [9.17, 15) is 0 Å². The molecule has 1 saturated carbocycles. The topological polar surface area (TPSA) is 21.3 Å². The van der Waals surface area contributed by atoms with Crippen LogP contribution >= 0.6 is 0 Å². The van der Waals surface area contributed by atoms with E-state index in [0.717, 1.165) is 12.5 Å². The Morgan fingerprint density at radius 2 is 2.08 bits per heavy atom.